The summed E-state index contributed by atoms with van der Waals surface area (Å²) in [7, 11) is 0. The number of anilines is 1. The van der Waals surface area contributed by atoms with Crippen LogP contribution in [-0.4, -0.2) is 45.0 Å². The van der Waals surface area contributed by atoms with Crippen LogP contribution in [0.15, 0.2) is 41.7 Å². The molecule has 0 bridgehead atoms. The Morgan fingerprint density at radius 2 is 1.92 bits per heavy atom. The third-order valence-electron chi connectivity index (χ3n) is 4.02. The van der Waals surface area contributed by atoms with E-state index in [1.807, 2.05) is 4.90 Å². The summed E-state index contributed by atoms with van der Waals surface area (Å²) in [5.74, 6) is 0.293. The van der Waals surface area contributed by atoms with E-state index in [2.05, 4.69) is 15.3 Å². The van der Waals surface area contributed by atoms with Gasteiger partial charge in [-0.05, 0) is 44.0 Å². The number of hydrogen-bond donors (Lipinski definition) is 1. The Kier molecular flexibility index (Phi) is 6.11. The minimum Gasteiger partial charge on any atom is -0.339 e. The predicted octanol–water partition coefficient (Wildman–Crippen LogP) is 3.49. The van der Waals surface area contributed by atoms with Crippen molar-refractivity contribution in [2.24, 2.45) is 0 Å². The summed E-state index contributed by atoms with van der Waals surface area (Å²) in [6.45, 7) is 3.41. The lowest BCUT2D eigenvalue weighted by Gasteiger charge is -2.15. The van der Waals surface area contributed by atoms with Gasteiger partial charge >= 0.3 is 0 Å². The average molecular weight is 391 g/mol. The molecule has 1 aliphatic heterocycles. The van der Waals surface area contributed by atoms with Gasteiger partial charge in [0.15, 0.2) is 0 Å². The molecule has 6 nitrogen and oxygen atoms in total. The Hall–Kier alpha value is -2.12. The molecule has 136 valence electrons. The molecule has 3 rings (SSSR count). The Morgan fingerprint density at radius 3 is 2.54 bits per heavy atom. The second-order valence-corrected chi connectivity index (χ2v) is 7.79. The lowest BCUT2D eigenvalue weighted by atomic mass is 10.2. The number of nitrogens with zero attached hydrogens (tertiary/aromatic N) is 3. The number of carbonyl (C=O) groups excluding carboxylic acids is 2. The second kappa shape index (κ2) is 8.51. The molecular formula is C18H19ClN4O2S. The van der Waals surface area contributed by atoms with E-state index in [-0.39, 0.29) is 17.1 Å². The maximum Gasteiger partial charge on any atom is 0.255 e. The van der Waals surface area contributed by atoms with Crippen molar-refractivity contribution in [3.63, 3.8) is 0 Å². The molecule has 1 unspecified atom stereocenters. The van der Waals surface area contributed by atoms with Gasteiger partial charge in [0, 0.05) is 25.5 Å². The predicted molar refractivity (Wildman–Crippen MR) is 103 cm³/mol. The number of thioether (sulfide) groups is 1. The number of likely N-dealkylation sites (tertiary alicyclic amines) is 1. The van der Waals surface area contributed by atoms with E-state index in [0.29, 0.717) is 21.4 Å². The molecular weight excluding hydrogens is 372 g/mol. The average Bonchev–Trinajstić information content (AvgIpc) is 3.18. The van der Waals surface area contributed by atoms with Gasteiger partial charge in [0.25, 0.3) is 5.91 Å². The third kappa shape index (κ3) is 4.74. The molecule has 0 spiro atoms. The summed E-state index contributed by atoms with van der Waals surface area (Å²) in [4.78, 5) is 34.8. The zero-order valence-corrected chi connectivity index (χ0v) is 15.9. The van der Waals surface area contributed by atoms with Gasteiger partial charge in [-0.2, -0.15) is 0 Å². The first kappa shape index (κ1) is 18.7. The van der Waals surface area contributed by atoms with Crippen LogP contribution in [0.2, 0.25) is 5.02 Å². The minimum atomic E-state index is -0.361. The zero-order valence-electron chi connectivity index (χ0n) is 14.3. The van der Waals surface area contributed by atoms with Gasteiger partial charge < -0.3 is 10.2 Å². The fraction of sp³-hybridized carbons (Fsp3) is 0.333. The molecule has 0 radical (unpaired) electrons. The normalized spacial score (nSPS) is 14.9. The lowest BCUT2D eigenvalue weighted by molar-refractivity contribution is -0.115. The molecule has 1 aliphatic rings. The first-order chi connectivity index (χ1) is 12.5. The van der Waals surface area contributed by atoms with Gasteiger partial charge in [-0.15, -0.1) is 0 Å². The standard InChI is InChI=1S/C18H19ClN4O2S/c1-12(17(24)22-15-6-5-14(19)11-20-15)26-16-7-4-13(10-21-16)18(25)23-8-2-3-9-23/h4-7,10-12H,2-3,8-9H2,1H3,(H,20,22,24). The Balaban J connectivity index is 1.56. The largest absolute Gasteiger partial charge is 0.339 e. The molecule has 1 fully saturated rings. The van der Waals surface area contributed by atoms with E-state index in [4.69, 9.17) is 11.6 Å². The smallest absolute Gasteiger partial charge is 0.255 e. The highest BCUT2D eigenvalue weighted by Gasteiger charge is 2.20. The van der Waals surface area contributed by atoms with Crippen LogP contribution in [0.3, 0.4) is 0 Å². The lowest BCUT2D eigenvalue weighted by Crippen LogP contribution is -2.27. The number of halogens is 1. The molecule has 1 atom stereocenters. The SMILES string of the molecule is CC(Sc1ccc(C(=O)N2CCCC2)cn1)C(=O)Nc1ccc(Cl)cn1. The topological polar surface area (TPSA) is 75.2 Å². The van der Waals surface area contributed by atoms with Gasteiger partial charge in [0.2, 0.25) is 5.91 Å². The Labute approximate surface area is 161 Å². The van der Waals surface area contributed by atoms with Crippen molar-refractivity contribution in [3.05, 3.63) is 47.2 Å². The zero-order chi connectivity index (χ0) is 18.5. The van der Waals surface area contributed by atoms with Crippen LogP contribution in [0.4, 0.5) is 5.82 Å². The number of pyridine rings is 2. The molecule has 0 aliphatic carbocycles. The van der Waals surface area contributed by atoms with Crippen LogP contribution in [0.25, 0.3) is 0 Å². The summed E-state index contributed by atoms with van der Waals surface area (Å²) in [6, 6.07) is 6.86. The second-order valence-electron chi connectivity index (χ2n) is 6.00. The molecule has 2 amide bonds. The van der Waals surface area contributed by atoms with E-state index in [9.17, 15) is 9.59 Å². The molecule has 1 N–H and O–H groups in total. The van der Waals surface area contributed by atoms with Crippen molar-refractivity contribution in [2.75, 3.05) is 18.4 Å². The van der Waals surface area contributed by atoms with Gasteiger partial charge in [0.1, 0.15) is 5.82 Å². The summed E-state index contributed by atoms with van der Waals surface area (Å²) in [6.07, 6.45) is 5.17. The van der Waals surface area contributed by atoms with Crippen LogP contribution in [0, 0.1) is 0 Å². The number of hydrogen-bond acceptors (Lipinski definition) is 5. The molecule has 8 heteroatoms. The number of aromatic nitrogens is 2. The maximum atomic E-state index is 12.3. The molecule has 26 heavy (non-hydrogen) atoms. The van der Waals surface area contributed by atoms with Crippen LogP contribution in [0.5, 0.6) is 0 Å². The van der Waals surface area contributed by atoms with Gasteiger partial charge in [-0.1, -0.05) is 23.4 Å². The fourth-order valence-electron chi connectivity index (χ4n) is 2.59. The number of rotatable bonds is 5. The van der Waals surface area contributed by atoms with E-state index < -0.39 is 0 Å². The van der Waals surface area contributed by atoms with Crippen molar-refractivity contribution in [1.82, 2.24) is 14.9 Å². The van der Waals surface area contributed by atoms with Crippen molar-refractivity contribution < 1.29 is 9.59 Å². The maximum absolute atomic E-state index is 12.3. The number of amides is 2. The molecule has 2 aromatic heterocycles. The quantitative estimate of drug-likeness (QED) is 0.791. The summed E-state index contributed by atoms with van der Waals surface area (Å²) in [5.41, 5.74) is 0.582. The Morgan fingerprint density at radius 1 is 1.15 bits per heavy atom. The highest BCUT2D eigenvalue weighted by atomic mass is 35.5. The number of nitrogens with one attached hydrogen (secondary N) is 1. The van der Waals surface area contributed by atoms with Gasteiger partial charge in [-0.3, -0.25) is 9.59 Å². The van der Waals surface area contributed by atoms with E-state index in [1.165, 1.54) is 18.0 Å². The van der Waals surface area contributed by atoms with Gasteiger partial charge in [-0.25, -0.2) is 9.97 Å². The van der Waals surface area contributed by atoms with Crippen molar-refractivity contribution in [1.29, 1.82) is 0 Å². The van der Waals surface area contributed by atoms with E-state index >= 15 is 0 Å². The minimum absolute atomic E-state index is 0.0196. The van der Waals surface area contributed by atoms with Gasteiger partial charge in [0.05, 0.1) is 20.9 Å². The fourth-order valence-corrected chi connectivity index (χ4v) is 3.49. The van der Waals surface area contributed by atoms with Crippen LogP contribution in [-0.2, 0) is 4.79 Å². The summed E-state index contributed by atoms with van der Waals surface area (Å²) < 4.78 is 0. The van der Waals surface area contributed by atoms with Crippen molar-refractivity contribution in [2.45, 2.75) is 30.0 Å². The highest BCUT2D eigenvalue weighted by molar-refractivity contribution is 8.00. The monoisotopic (exact) mass is 390 g/mol. The van der Waals surface area contributed by atoms with E-state index in [1.54, 1.807) is 37.4 Å². The van der Waals surface area contributed by atoms with E-state index in [0.717, 1.165) is 25.9 Å². The highest BCUT2D eigenvalue weighted by Crippen LogP contribution is 2.23. The molecule has 1 saturated heterocycles. The first-order valence-electron chi connectivity index (χ1n) is 8.37. The van der Waals surface area contributed by atoms with Crippen LogP contribution < -0.4 is 5.32 Å². The third-order valence-corrected chi connectivity index (χ3v) is 5.30. The molecule has 0 aromatic carbocycles. The summed E-state index contributed by atoms with van der Waals surface area (Å²) >= 11 is 7.10. The first-order valence-corrected chi connectivity index (χ1v) is 9.63. The van der Waals surface area contributed by atoms with Crippen LogP contribution >= 0.6 is 23.4 Å². The molecule has 0 saturated carbocycles. The molecule has 2 aromatic rings. The van der Waals surface area contributed by atoms with Crippen molar-refractivity contribution >= 4 is 41.0 Å². The number of carbonyl (C=O) groups is 2. The van der Waals surface area contributed by atoms with Crippen LogP contribution in [0.1, 0.15) is 30.1 Å². The molecule has 3 heterocycles. The van der Waals surface area contributed by atoms with Crippen molar-refractivity contribution in [3.8, 4) is 0 Å². The Bertz CT molecular complexity index is 777. The summed E-state index contributed by atoms with van der Waals surface area (Å²) in [5, 5.41) is 3.58.